The number of benzene rings is 1. The summed E-state index contributed by atoms with van der Waals surface area (Å²) in [5.74, 6) is 0.396. The molecule has 5 nitrogen and oxygen atoms in total. The van der Waals surface area contributed by atoms with Crippen LogP contribution >= 0.6 is 0 Å². The maximum Gasteiger partial charge on any atom is 0.320 e. The van der Waals surface area contributed by atoms with Crippen molar-refractivity contribution in [3.05, 3.63) is 41.5 Å². The van der Waals surface area contributed by atoms with E-state index in [0.717, 1.165) is 49.3 Å². The monoisotopic (exact) mass is 314 g/mol. The van der Waals surface area contributed by atoms with Crippen molar-refractivity contribution in [1.82, 2.24) is 19.8 Å². The molecule has 0 atom stereocenters. The van der Waals surface area contributed by atoms with Crippen molar-refractivity contribution in [2.75, 3.05) is 19.6 Å². The lowest BCUT2D eigenvalue weighted by Gasteiger charge is -2.30. The van der Waals surface area contributed by atoms with Crippen LogP contribution in [-0.2, 0) is 13.0 Å². The molecule has 0 spiro atoms. The fraction of sp³-hybridized carbons (Fsp3) is 0.412. The maximum atomic E-state index is 13.4. The summed E-state index contributed by atoms with van der Waals surface area (Å²) in [5, 5.41) is 0. The summed E-state index contributed by atoms with van der Waals surface area (Å²) in [5.41, 5.74) is 2.68. The van der Waals surface area contributed by atoms with E-state index >= 15 is 0 Å². The van der Waals surface area contributed by atoms with E-state index in [1.165, 1.54) is 12.1 Å². The molecule has 2 aliphatic heterocycles. The highest BCUT2D eigenvalue weighted by molar-refractivity contribution is 5.75. The van der Waals surface area contributed by atoms with Gasteiger partial charge in [-0.05, 0) is 25.0 Å². The van der Waals surface area contributed by atoms with Crippen LogP contribution in [0.5, 0.6) is 0 Å². The highest BCUT2D eigenvalue weighted by atomic mass is 19.1. The van der Waals surface area contributed by atoms with Crippen molar-refractivity contribution in [3.8, 4) is 11.4 Å². The van der Waals surface area contributed by atoms with Gasteiger partial charge in [-0.15, -0.1) is 0 Å². The van der Waals surface area contributed by atoms with Gasteiger partial charge >= 0.3 is 6.03 Å². The molecule has 1 saturated heterocycles. The number of carbonyl (C=O) groups excluding carboxylic acids is 1. The van der Waals surface area contributed by atoms with Crippen molar-refractivity contribution >= 4 is 6.03 Å². The number of imidazole rings is 1. The number of hydrogen-bond acceptors (Lipinski definition) is 2. The minimum Gasteiger partial charge on any atom is -0.340 e. The molecule has 23 heavy (non-hydrogen) atoms. The Bertz CT molecular complexity index is 736. The Morgan fingerprint density at radius 1 is 1.17 bits per heavy atom. The van der Waals surface area contributed by atoms with Gasteiger partial charge < -0.3 is 14.8 Å². The van der Waals surface area contributed by atoms with Gasteiger partial charge in [0.05, 0.1) is 17.9 Å². The normalized spacial score (nSPS) is 17.4. The molecule has 4 rings (SSSR count). The number of likely N-dealkylation sites (tertiary alicyclic amines) is 1. The van der Waals surface area contributed by atoms with Gasteiger partial charge in [0.15, 0.2) is 0 Å². The zero-order valence-electron chi connectivity index (χ0n) is 12.9. The van der Waals surface area contributed by atoms with Crippen LogP contribution in [0.25, 0.3) is 11.4 Å². The molecule has 2 amide bonds. The third-order valence-electron chi connectivity index (χ3n) is 4.58. The van der Waals surface area contributed by atoms with E-state index < -0.39 is 0 Å². The lowest BCUT2D eigenvalue weighted by Crippen LogP contribution is -2.44. The molecular weight excluding hydrogens is 295 g/mol. The second kappa shape index (κ2) is 5.68. The maximum absolute atomic E-state index is 13.4. The number of H-pyrrole nitrogens is 1. The predicted molar refractivity (Wildman–Crippen MR) is 84.3 cm³/mol. The van der Waals surface area contributed by atoms with Gasteiger partial charge in [0.25, 0.3) is 0 Å². The first kappa shape index (κ1) is 14.2. The molecule has 1 fully saturated rings. The Balaban J connectivity index is 1.55. The third-order valence-corrected chi connectivity index (χ3v) is 4.58. The fourth-order valence-electron chi connectivity index (χ4n) is 3.34. The number of hydrogen-bond donors (Lipinski definition) is 1. The number of halogens is 1. The predicted octanol–water partition coefficient (Wildman–Crippen LogP) is 2.79. The SMILES string of the molecule is O=C(N1CCCC1)N1CCc2nc(-c3cccc(F)c3)[nH]c2C1. The lowest BCUT2D eigenvalue weighted by molar-refractivity contribution is 0.156. The lowest BCUT2D eigenvalue weighted by atomic mass is 10.1. The molecule has 6 heteroatoms. The van der Waals surface area contributed by atoms with Gasteiger partial charge in [0.1, 0.15) is 11.6 Å². The number of rotatable bonds is 1. The highest BCUT2D eigenvalue weighted by Gasteiger charge is 2.28. The van der Waals surface area contributed by atoms with Crippen molar-refractivity contribution in [3.63, 3.8) is 0 Å². The molecule has 0 aliphatic carbocycles. The molecule has 0 bridgehead atoms. The standard InChI is InChI=1S/C17H19FN4O/c18-13-5-3-4-12(10-13)16-19-14-6-9-22(11-15(14)20-16)17(23)21-7-1-2-8-21/h3-5,10H,1-2,6-9,11H2,(H,19,20). The number of aromatic amines is 1. The number of fused-ring (bicyclic) bond motifs is 1. The van der Waals surface area contributed by atoms with Gasteiger partial charge in [0.2, 0.25) is 0 Å². The van der Waals surface area contributed by atoms with Crippen LogP contribution in [0, 0.1) is 5.82 Å². The molecule has 0 radical (unpaired) electrons. The van der Waals surface area contributed by atoms with Crippen LogP contribution in [0.4, 0.5) is 9.18 Å². The molecule has 1 N–H and O–H groups in total. The van der Waals surface area contributed by atoms with E-state index in [1.54, 1.807) is 6.07 Å². The topological polar surface area (TPSA) is 52.2 Å². The van der Waals surface area contributed by atoms with Crippen LogP contribution in [0.1, 0.15) is 24.2 Å². The largest absolute Gasteiger partial charge is 0.340 e. The van der Waals surface area contributed by atoms with Gasteiger partial charge in [-0.2, -0.15) is 0 Å². The van der Waals surface area contributed by atoms with Crippen LogP contribution in [0.3, 0.4) is 0 Å². The molecule has 1 aromatic heterocycles. The summed E-state index contributed by atoms with van der Waals surface area (Å²) < 4.78 is 13.4. The number of nitrogens with one attached hydrogen (secondary N) is 1. The molecule has 2 aromatic rings. The third kappa shape index (κ3) is 2.69. The zero-order valence-corrected chi connectivity index (χ0v) is 12.9. The van der Waals surface area contributed by atoms with Crippen LogP contribution in [-0.4, -0.2) is 45.4 Å². The van der Waals surface area contributed by atoms with E-state index in [9.17, 15) is 9.18 Å². The Hall–Kier alpha value is -2.37. The van der Waals surface area contributed by atoms with E-state index in [0.29, 0.717) is 18.9 Å². The first-order valence-electron chi connectivity index (χ1n) is 8.08. The molecular formula is C17H19FN4O. The highest BCUT2D eigenvalue weighted by Crippen LogP contribution is 2.24. The summed E-state index contributed by atoms with van der Waals surface area (Å²) in [6, 6.07) is 6.52. The summed E-state index contributed by atoms with van der Waals surface area (Å²) in [7, 11) is 0. The van der Waals surface area contributed by atoms with E-state index in [-0.39, 0.29) is 11.8 Å². The van der Waals surface area contributed by atoms with Crippen LogP contribution in [0.2, 0.25) is 0 Å². The van der Waals surface area contributed by atoms with E-state index in [1.807, 2.05) is 15.9 Å². The average molecular weight is 314 g/mol. The molecule has 2 aliphatic rings. The number of urea groups is 1. The van der Waals surface area contributed by atoms with Gasteiger partial charge in [-0.1, -0.05) is 12.1 Å². The summed E-state index contributed by atoms with van der Waals surface area (Å²) in [6.45, 7) is 2.96. The Morgan fingerprint density at radius 2 is 2.00 bits per heavy atom. The van der Waals surface area contributed by atoms with Crippen molar-refractivity contribution in [1.29, 1.82) is 0 Å². The summed E-state index contributed by atoms with van der Waals surface area (Å²) in [6.07, 6.45) is 2.93. The Morgan fingerprint density at radius 3 is 2.78 bits per heavy atom. The molecule has 3 heterocycles. The molecule has 0 saturated carbocycles. The number of carbonyl (C=O) groups is 1. The van der Waals surface area contributed by atoms with Crippen LogP contribution < -0.4 is 0 Å². The second-order valence-corrected chi connectivity index (χ2v) is 6.17. The second-order valence-electron chi connectivity index (χ2n) is 6.17. The average Bonchev–Trinajstić information content (AvgIpc) is 3.23. The Kier molecular flexibility index (Phi) is 3.52. The molecule has 0 unspecified atom stereocenters. The van der Waals surface area contributed by atoms with Gasteiger partial charge in [-0.3, -0.25) is 0 Å². The van der Waals surface area contributed by atoms with Gasteiger partial charge in [0, 0.05) is 31.6 Å². The molecule has 120 valence electrons. The summed E-state index contributed by atoms with van der Waals surface area (Å²) >= 11 is 0. The Labute approximate surface area is 134 Å². The van der Waals surface area contributed by atoms with Gasteiger partial charge in [-0.25, -0.2) is 14.2 Å². The minimum absolute atomic E-state index is 0.120. The first-order valence-corrected chi connectivity index (χ1v) is 8.08. The van der Waals surface area contributed by atoms with Crippen molar-refractivity contribution in [2.45, 2.75) is 25.8 Å². The minimum atomic E-state index is -0.275. The smallest absolute Gasteiger partial charge is 0.320 e. The zero-order chi connectivity index (χ0) is 15.8. The fourth-order valence-corrected chi connectivity index (χ4v) is 3.34. The number of nitrogens with zero attached hydrogens (tertiary/aromatic N) is 3. The number of aromatic nitrogens is 2. The first-order chi connectivity index (χ1) is 11.2. The quantitative estimate of drug-likeness (QED) is 0.880. The van der Waals surface area contributed by atoms with E-state index in [4.69, 9.17) is 0 Å². The van der Waals surface area contributed by atoms with Crippen molar-refractivity contribution in [2.24, 2.45) is 0 Å². The van der Waals surface area contributed by atoms with Crippen molar-refractivity contribution < 1.29 is 9.18 Å². The van der Waals surface area contributed by atoms with Crippen LogP contribution in [0.15, 0.2) is 24.3 Å². The summed E-state index contributed by atoms with van der Waals surface area (Å²) in [4.78, 5) is 24.1. The number of amides is 2. The molecule has 1 aromatic carbocycles. The van der Waals surface area contributed by atoms with E-state index in [2.05, 4.69) is 9.97 Å².